The van der Waals surface area contributed by atoms with Crippen LogP contribution in [0.15, 0.2) is 22.7 Å². The number of aliphatic hydroxyl groups is 1. The van der Waals surface area contributed by atoms with Crippen LogP contribution >= 0.6 is 0 Å². The lowest BCUT2D eigenvalue weighted by atomic mass is 10.1. The van der Waals surface area contributed by atoms with E-state index in [2.05, 4.69) is 10.1 Å². The minimum absolute atomic E-state index is 0.150. The summed E-state index contributed by atoms with van der Waals surface area (Å²) in [6.07, 6.45) is 0. The zero-order valence-electron chi connectivity index (χ0n) is 13.6. The molecule has 6 heteroatoms. The smallest absolute Gasteiger partial charge is 0.244 e. The number of rotatable bonds is 5. The average Bonchev–Trinajstić information content (AvgIpc) is 2.88. The molecular formula is C16H22FN3O2. The highest BCUT2D eigenvalue weighted by Gasteiger charge is 2.24. The average molecular weight is 307 g/mol. The van der Waals surface area contributed by atoms with Gasteiger partial charge in [-0.05, 0) is 46.4 Å². The van der Waals surface area contributed by atoms with Crippen molar-refractivity contribution in [3.63, 3.8) is 0 Å². The van der Waals surface area contributed by atoms with Gasteiger partial charge in [0.25, 0.3) is 0 Å². The predicted molar refractivity (Wildman–Crippen MR) is 81.8 cm³/mol. The van der Waals surface area contributed by atoms with Crippen LogP contribution in [0.1, 0.15) is 38.3 Å². The summed E-state index contributed by atoms with van der Waals surface area (Å²) < 4.78 is 18.9. The quantitative estimate of drug-likeness (QED) is 0.920. The maximum absolute atomic E-state index is 13.6. The predicted octanol–water partition coefficient (Wildman–Crippen LogP) is 2.95. The molecule has 0 aliphatic heterocycles. The first kappa shape index (κ1) is 16.6. The number of aromatic nitrogens is 2. The highest BCUT2D eigenvalue weighted by atomic mass is 19.1. The standard InChI is InChI=1S/C16H22FN3O2/c1-10-6-7-12(8-13(10)17)14-18-15(22-19-14)11(2)20(5)9-16(3,4)21/h6-8,11,21H,9H2,1-5H3. The molecule has 1 atom stereocenters. The zero-order chi connectivity index (χ0) is 16.5. The fraction of sp³-hybridized carbons (Fsp3) is 0.500. The first-order valence-corrected chi connectivity index (χ1v) is 7.20. The lowest BCUT2D eigenvalue weighted by Crippen LogP contribution is -2.37. The van der Waals surface area contributed by atoms with Crippen LogP contribution in [-0.4, -0.2) is 39.3 Å². The Bertz CT molecular complexity index is 649. The number of hydrogen-bond acceptors (Lipinski definition) is 5. The second-order valence-corrected chi connectivity index (χ2v) is 6.32. The van der Waals surface area contributed by atoms with Crippen LogP contribution in [0, 0.1) is 12.7 Å². The molecule has 0 bridgehead atoms. The second kappa shape index (κ2) is 6.14. The summed E-state index contributed by atoms with van der Waals surface area (Å²) in [4.78, 5) is 6.26. The Hall–Kier alpha value is -1.79. The molecule has 1 N–H and O–H groups in total. The molecule has 0 spiro atoms. The van der Waals surface area contributed by atoms with Gasteiger partial charge in [-0.2, -0.15) is 4.98 Å². The van der Waals surface area contributed by atoms with Crippen LogP contribution in [0.4, 0.5) is 4.39 Å². The molecule has 5 nitrogen and oxygen atoms in total. The van der Waals surface area contributed by atoms with Gasteiger partial charge in [0.2, 0.25) is 11.7 Å². The van der Waals surface area contributed by atoms with E-state index in [1.165, 1.54) is 6.07 Å². The van der Waals surface area contributed by atoms with Crippen molar-refractivity contribution in [2.45, 2.75) is 39.3 Å². The van der Waals surface area contributed by atoms with E-state index < -0.39 is 5.60 Å². The lowest BCUT2D eigenvalue weighted by molar-refractivity contribution is 0.0289. The molecule has 0 amide bonds. The monoisotopic (exact) mass is 307 g/mol. The fourth-order valence-electron chi connectivity index (χ4n) is 2.19. The molecule has 0 saturated carbocycles. The van der Waals surface area contributed by atoms with Crippen molar-refractivity contribution in [1.82, 2.24) is 15.0 Å². The topological polar surface area (TPSA) is 62.4 Å². The van der Waals surface area contributed by atoms with Gasteiger partial charge >= 0.3 is 0 Å². The zero-order valence-corrected chi connectivity index (χ0v) is 13.6. The van der Waals surface area contributed by atoms with Crippen LogP contribution < -0.4 is 0 Å². The number of likely N-dealkylation sites (N-methyl/N-ethyl adjacent to an activating group) is 1. The van der Waals surface area contributed by atoms with Gasteiger partial charge in [0.1, 0.15) is 5.82 Å². The molecule has 1 heterocycles. The van der Waals surface area contributed by atoms with Gasteiger partial charge in [-0.25, -0.2) is 4.39 Å². The summed E-state index contributed by atoms with van der Waals surface area (Å²) >= 11 is 0. The maximum atomic E-state index is 13.6. The largest absolute Gasteiger partial charge is 0.389 e. The van der Waals surface area contributed by atoms with Gasteiger partial charge in [0.05, 0.1) is 11.6 Å². The molecular weight excluding hydrogens is 285 g/mol. The fourth-order valence-corrected chi connectivity index (χ4v) is 2.19. The van der Waals surface area contributed by atoms with E-state index in [0.717, 1.165) is 0 Å². The van der Waals surface area contributed by atoms with E-state index in [0.29, 0.717) is 29.4 Å². The third-order valence-electron chi connectivity index (χ3n) is 3.53. The van der Waals surface area contributed by atoms with Gasteiger partial charge in [0.15, 0.2) is 0 Å². The Balaban J connectivity index is 2.18. The van der Waals surface area contributed by atoms with Crippen molar-refractivity contribution in [1.29, 1.82) is 0 Å². The van der Waals surface area contributed by atoms with Crippen molar-refractivity contribution < 1.29 is 14.0 Å². The van der Waals surface area contributed by atoms with Gasteiger partial charge in [-0.3, -0.25) is 4.90 Å². The molecule has 0 aliphatic rings. The van der Waals surface area contributed by atoms with Crippen molar-refractivity contribution in [2.75, 3.05) is 13.6 Å². The van der Waals surface area contributed by atoms with Gasteiger partial charge in [-0.1, -0.05) is 17.3 Å². The second-order valence-electron chi connectivity index (χ2n) is 6.32. The van der Waals surface area contributed by atoms with Crippen LogP contribution in [0.2, 0.25) is 0 Å². The molecule has 2 rings (SSSR count). The molecule has 0 saturated heterocycles. The summed E-state index contributed by atoms with van der Waals surface area (Å²) in [5, 5.41) is 13.8. The van der Waals surface area contributed by atoms with Crippen LogP contribution in [0.3, 0.4) is 0 Å². The minimum atomic E-state index is -0.814. The van der Waals surface area contributed by atoms with Crippen molar-refractivity contribution in [3.8, 4) is 11.4 Å². The van der Waals surface area contributed by atoms with Crippen molar-refractivity contribution >= 4 is 0 Å². The lowest BCUT2D eigenvalue weighted by Gasteiger charge is -2.28. The summed E-state index contributed by atoms with van der Waals surface area (Å²) in [6.45, 7) is 7.56. The van der Waals surface area contributed by atoms with E-state index >= 15 is 0 Å². The molecule has 1 unspecified atom stereocenters. The highest BCUT2D eigenvalue weighted by molar-refractivity contribution is 5.54. The summed E-state index contributed by atoms with van der Waals surface area (Å²) in [7, 11) is 1.87. The molecule has 0 radical (unpaired) electrons. The van der Waals surface area contributed by atoms with Crippen molar-refractivity contribution in [2.24, 2.45) is 0 Å². The molecule has 120 valence electrons. The first-order valence-electron chi connectivity index (χ1n) is 7.20. The van der Waals surface area contributed by atoms with Crippen molar-refractivity contribution in [3.05, 3.63) is 35.5 Å². The maximum Gasteiger partial charge on any atom is 0.244 e. The normalized spacial score (nSPS) is 13.6. The van der Waals surface area contributed by atoms with E-state index in [1.54, 1.807) is 32.9 Å². The van der Waals surface area contributed by atoms with E-state index in [9.17, 15) is 9.50 Å². The number of aryl methyl sites for hydroxylation is 1. The highest BCUT2D eigenvalue weighted by Crippen LogP contribution is 2.23. The molecule has 0 aliphatic carbocycles. The summed E-state index contributed by atoms with van der Waals surface area (Å²) in [5.41, 5.74) is 0.340. The Morgan fingerprint density at radius 2 is 2.09 bits per heavy atom. The van der Waals surface area contributed by atoms with Gasteiger partial charge < -0.3 is 9.63 Å². The van der Waals surface area contributed by atoms with Gasteiger partial charge in [-0.15, -0.1) is 0 Å². The molecule has 2 aromatic rings. The van der Waals surface area contributed by atoms with Gasteiger partial charge in [0, 0.05) is 12.1 Å². The van der Waals surface area contributed by atoms with E-state index in [4.69, 9.17) is 4.52 Å². The van der Waals surface area contributed by atoms with E-state index in [1.807, 2.05) is 18.9 Å². The molecule has 22 heavy (non-hydrogen) atoms. The minimum Gasteiger partial charge on any atom is -0.389 e. The summed E-state index contributed by atoms with van der Waals surface area (Å²) in [5.74, 6) is 0.496. The third-order valence-corrected chi connectivity index (χ3v) is 3.53. The van der Waals surface area contributed by atoms with Crippen LogP contribution in [0.25, 0.3) is 11.4 Å². The van der Waals surface area contributed by atoms with Crippen LogP contribution in [0.5, 0.6) is 0 Å². The Kier molecular flexibility index (Phi) is 4.63. The van der Waals surface area contributed by atoms with Crippen LogP contribution in [-0.2, 0) is 0 Å². The number of benzene rings is 1. The third kappa shape index (κ3) is 3.90. The Morgan fingerprint density at radius 3 is 2.68 bits per heavy atom. The number of nitrogens with zero attached hydrogens (tertiary/aromatic N) is 3. The Morgan fingerprint density at radius 1 is 1.41 bits per heavy atom. The summed E-state index contributed by atoms with van der Waals surface area (Å²) in [6, 6.07) is 4.70. The number of hydrogen-bond donors (Lipinski definition) is 1. The SMILES string of the molecule is Cc1ccc(-c2noc(C(C)N(C)CC(C)(C)O)n2)cc1F. The molecule has 1 aromatic heterocycles. The first-order chi connectivity index (χ1) is 10.2. The Labute approximate surface area is 129 Å². The molecule has 0 fully saturated rings. The number of halogens is 1. The molecule has 1 aromatic carbocycles. The van der Waals surface area contributed by atoms with E-state index in [-0.39, 0.29) is 11.9 Å².